The van der Waals surface area contributed by atoms with E-state index in [0.29, 0.717) is 17.9 Å². The van der Waals surface area contributed by atoms with Gasteiger partial charge in [-0.25, -0.2) is 4.39 Å². The molecule has 0 aliphatic heterocycles. The van der Waals surface area contributed by atoms with Crippen molar-refractivity contribution < 1.29 is 28.2 Å². The Bertz CT molecular complexity index is 789. The Hall–Kier alpha value is -3.22. The van der Waals surface area contributed by atoms with Crippen molar-refractivity contribution >= 4 is 17.7 Å². The van der Waals surface area contributed by atoms with E-state index in [9.17, 15) is 18.8 Å². The summed E-state index contributed by atoms with van der Waals surface area (Å²) in [6, 6.07) is 11.8. The first-order valence-electron chi connectivity index (χ1n) is 7.95. The number of esters is 1. The van der Waals surface area contributed by atoms with Gasteiger partial charge in [-0.1, -0.05) is 12.1 Å². The number of ether oxygens (including phenoxy) is 2. The fraction of sp³-hybridized carbons (Fsp3) is 0.211. The van der Waals surface area contributed by atoms with E-state index in [4.69, 9.17) is 9.47 Å². The van der Waals surface area contributed by atoms with Crippen LogP contribution in [-0.4, -0.2) is 37.4 Å². The van der Waals surface area contributed by atoms with Crippen molar-refractivity contribution in [2.75, 3.05) is 19.8 Å². The summed E-state index contributed by atoms with van der Waals surface area (Å²) < 4.78 is 23.5. The van der Waals surface area contributed by atoms with Crippen LogP contribution >= 0.6 is 0 Å². The lowest BCUT2D eigenvalue weighted by molar-refractivity contribution is -0.141. The fourth-order valence-electron chi connectivity index (χ4n) is 2.09. The molecular formula is C19H18FNO5. The maximum absolute atomic E-state index is 13.5. The van der Waals surface area contributed by atoms with E-state index in [-0.39, 0.29) is 5.56 Å². The molecule has 136 valence electrons. The van der Waals surface area contributed by atoms with Crippen LogP contribution in [0.5, 0.6) is 5.75 Å². The van der Waals surface area contributed by atoms with Crippen LogP contribution in [0.3, 0.4) is 0 Å². The standard InChI is InChI=1S/C19H18FNO5/c1-2-25-14-9-7-13(8-10-14)19(24)21-11-18(23)26-12-17(22)15-5-3-4-6-16(15)20/h3-10H,2,11-12H2,1H3,(H,21,24). The topological polar surface area (TPSA) is 81.7 Å². The van der Waals surface area contributed by atoms with E-state index in [0.717, 1.165) is 6.07 Å². The molecule has 0 radical (unpaired) electrons. The van der Waals surface area contributed by atoms with Gasteiger partial charge in [0, 0.05) is 5.56 Å². The SMILES string of the molecule is CCOc1ccc(C(=O)NCC(=O)OCC(=O)c2ccccc2F)cc1. The molecule has 2 aromatic rings. The highest BCUT2D eigenvalue weighted by atomic mass is 19.1. The number of hydrogen-bond donors (Lipinski definition) is 1. The predicted molar refractivity (Wildman–Crippen MR) is 91.6 cm³/mol. The number of carbonyl (C=O) groups is 3. The van der Waals surface area contributed by atoms with Crippen LogP contribution in [0.15, 0.2) is 48.5 Å². The van der Waals surface area contributed by atoms with E-state index in [1.807, 2.05) is 6.92 Å². The van der Waals surface area contributed by atoms with Crippen molar-refractivity contribution in [2.45, 2.75) is 6.92 Å². The molecule has 26 heavy (non-hydrogen) atoms. The van der Waals surface area contributed by atoms with Gasteiger partial charge in [-0.2, -0.15) is 0 Å². The molecule has 2 rings (SSSR count). The second kappa shape index (κ2) is 9.31. The molecule has 0 aliphatic carbocycles. The number of benzene rings is 2. The van der Waals surface area contributed by atoms with E-state index in [1.165, 1.54) is 18.2 Å². The molecule has 0 bridgehead atoms. The van der Waals surface area contributed by atoms with Gasteiger partial charge < -0.3 is 14.8 Å². The largest absolute Gasteiger partial charge is 0.494 e. The zero-order valence-corrected chi connectivity index (χ0v) is 14.2. The Kier molecular flexibility index (Phi) is 6.84. The van der Waals surface area contributed by atoms with Crippen LogP contribution in [0.1, 0.15) is 27.6 Å². The number of halogens is 1. The average Bonchev–Trinajstić information content (AvgIpc) is 2.65. The van der Waals surface area contributed by atoms with Gasteiger partial charge in [0.15, 0.2) is 6.61 Å². The molecule has 2 aromatic carbocycles. The molecular weight excluding hydrogens is 341 g/mol. The zero-order chi connectivity index (χ0) is 18.9. The van der Waals surface area contributed by atoms with Gasteiger partial charge in [0.2, 0.25) is 5.78 Å². The van der Waals surface area contributed by atoms with Crippen LogP contribution < -0.4 is 10.1 Å². The quantitative estimate of drug-likeness (QED) is 0.578. The van der Waals surface area contributed by atoms with Crippen molar-refractivity contribution in [2.24, 2.45) is 0 Å². The molecule has 7 heteroatoms. The first kappa shape index (κ1) is 19.1. The van der Waals surface area contributed by atoms with Crippen LogP contribution in [0, 0.1) is 5.82 Å². The van der Waals surface area contributed by atoms with Crippen molar-refractivity contribution in [3.05, 3.63) is 65.5 Å². The summed E-state index contributed by atoms with van der Waals surface area (Å²) in [7, 11) is 0. The fourth-order valence-corrected chi connectivity index (χ4v) is 2.09. The zero-order valence-electron chi connectivity index (χ0n) is 14.2. The third-order valence-corrected chi connectivity index (χ3v) is 3.36. The van der Waals surface area contributed by atoms with E-state index < -0.39 is 36.6 Å². The maximum Gasteiger partial charge on any atom is 0.325 e. The second-order valence-corrected chi connectivity index (χ2v) is 5.20. The van der Waals surface area contributed by atoms with Gasteiger partial charge in [0.25, 0.3) is 5.91 Å². The molecule has 0 aromatic heterocycles. The molecule has 1 N–H and O–H groups in total. The molecule has 1 amide bonds. The Morgan fingerprint density at radius 2 is 1.73 bits per heavy atom. The molecule has 0 unspecified atom stereocenters. The summed E-state index contributed by atoms with van der Waals surface area (Å²) >= 11 is 0. The number of carbonyl (C=O) groups excluding carboxylic acids is 3. The van der Waals surface area contributed by atoms with Gasteiger partial charge in [-0.3, -0.25) is 14.4 Å². The lowest BCUT2D eigenvalue weighted by atomic mass is 10.1. The number of nitrogens with one attached hydrogen (secondary N) is 1. The summed E-state index contributed by atoms with van der Waals surface area (Å²) in [5.74, 6) is -1.97. The number of Topliss-reactive ketones (excluding diaryl/α,β-unsaturated/α-hetero) is 1. The lowest BCUT2D eigenvalue weighted by Crippen LogP contribution is -2.31. The van der Waals surface area contributed by atoms with Gasteiger partial charge in [0.1, 0.15) is 18.1 Å². The van der Waals surface area contributed by atoms with Gasteiger partial charge in [0.05, 0.1) is 12.2 Å². The first-order chi connectivity index (χ1) is 12.5. The monoisotopic (exact) mass is 359 g/mol. The third-order valence-electron chi connectivity index (χ3n) is 3.36. The molecule has 0 heterocycles. The maximum atomic E-state index is 13.5. The van der Waals surface area contributed by atoms with Gasteiger partial charge >= 0.3 is 5.97 Å². The minimum absolute atomic E-state index is 0.154. The molecule has 0 atom stereocenters. The minimum Gasteiger partial charge on any atom is -0.494 e. The Labute approximate surface area is 149 Å². The number of amides is 1. The third kappa shape index (κ3) is 5.41. The van der Waals surface area contributed by atoms with Crippen molar-refractivity contribution in [3.63, 3.8) is 0 Å². The highest BCUT2D eigenvalue weighted by Gasteiger charge is 2.14. The van der Waals surface area contributed by atoms with Gasteiger partial charge in [-0.05, 0) is 43.3 Å². The van der Waals surface area contributed by atoms with Crippen molar-refractivity contribution in [1.82, 2.24) is 5.32 Å². The minimum atomic E-state index is -0.797. The smallest absolute Gasteiger partial charge is 0.325 e. The molecule has 0 spiro atoms. The normalized spacial score (nSPS) is 10.1. The van der Waals surface area contributed by atoms with E-state index in [1.54, 1.807) is 24.3 Å². The summed E-state index contributed by atoms with van der Waals surface area (Å²) in [5, 5.41) is 2.39. The second-order valence-electron chi connectivity index (χ2n) is 5.20. The van der Waals surface area contributed by atoms with Crippen molar-refractivity contribution in [3.8, 4) is 5.75 Å². The van der Waals surface area contributed by atoms with Crippen LogP contribution in [0.4, 0.5) is 4.39 Å². The Morgan fingerprint density at radius 1 is 1.04 bits per heavy atom. The number of rotatable bonds is 8. The van der Waals surface area contributed by atoms with E-state index in [2.05, 4.69) is 5.32 Å². The molecule has 0 fully saturated rings. The summed E-state index contributed by atoms with van der Waals surface area (Å²) in [4.78, 5) is 35.4. The molecule has 6 nitrogen and oxygen atoms in total. The summed E-state index contributed by atoms with van der Waals surface area (Å²) in [5.41, 5.74) is 0.197. The predicted octanol–water partition coefficient (Wildman–Crippen LogP) is 2.38. The molecule has 0 aliphatic rings. The number of hydrogen-bond acceptors (Lipinski definition) is 5. The number of ketones is 1. The molecule has 0 saturated heterocycles. The van der Waals surface area contributed by atoms with Crippen molar-refractivity contribution in [1.29, 1.82) is 0 Å². The average molecular weight is 359 g/mol. The Balaban J connectivity index is 1.78. The molecule has 0 saturated carbocycles. The Morgan fingerprint density at radius 3 is 2.38 bits per heavy atom. The summed E-state index contributed by atoms with van der Waals surface area (Å²) in [6.45, 7) is 1.36. The summed E-state index contributed by atoms with van der Waals surface area (Å²) in [6.07, 6.45) is 0. The highest BCUT2D eigenvalue weighted by molar-refractivity contribution is 5.99. The van der Waals surface area contributed by atoms with Crippen LogP contribution in [0.2, 0.25) is 0 Å². The lowest BCUT2D eigenvalue weighted by Gasteiger charge is -2.07. The van der Waals surface area contributed by atoms with E-state index >= 15 is 0 Å². The first-order valence-corrected chi connectivity index (χ1v) is 7.95. The highest BCUT2D eigenvalue weighted by Crippen LogP contribution is 2.12. The van der Waals surface area contributed by atoms with Crippen LogP contribution in [-0.2, 0) is 9.53 Å². The van der Waals surface area contributed by atoms with Gasteiger partial charge in [-0.15, -0.1) is 0 Å². The van der Waals surface area contributed by atoms with Crippen LogP contribution in [0.25, 0.3) is 0 Å².